The Kier molecular flexibility index (Phi) is 4.36. The van der Waals surface area contributed by atoms with Crippen LogP contribution in [0.2, 0.25) is 0 Å². The van der Waals surface area contributed by atoms with Crippen LogP contribution in [-0.2, 0) is 6.42 Å². The van der Waals surface area contributed by atoms with Crippen LogP contribution in [0.4, 0.5) is 0 Å². The van der Waals surface area contributed by atoms with E-state index in [-0.39, 0.29) is 17.7 Å². The van der Waals surface area contributed by atoms with Crippen molar-refractivity contribution in [2.24, 2.45) is 0 Å². The molecule has 0 aromatic heterocycles. The van der Waals surface area contributed by atoms with E-state index in [4.69, 9.17) is 4.74 Å². The Morgan fingerprint density at radius 2 is 1.46 bits per heavy atom. The lowest BCUT2D eigenvalue weighted by atomic mass is 9.98. The van der Waals surface area contributed by atoms with E-state index in [9.17, 15) is 9.59 Å². The summed E-state index contributed by atoms with van der Waals surface area (Å²) in [6.07, 6.45) is 0.712. The molecule has 1 aliphatic rings. The largest absolute Gasteiger partial charge is 0.489 e. The van der Waals surface area contributed by atoms with Crippen LogP contribution in [0.25, 0.3) is 0 Å². The summed E-state index contributed by atoms with van der Waals surface area (Å²) in [6, 6.07) is 24.0. The number of rotatable bonds is 5. The fourth-order valence-corrected chi connectivity index (χ4v) is 3.32. The third kappa shape index (κ3) is 3.16. The van der Waals surface area contributed by atoms with Crippen molar-refractivity contribution in [1.29, 1.82) is 0 Å². The van der Waals surface area contributed by atoms with Gasteiger partial charge < -0.3 is 4.74 Å². The molecule has 1 heterocycles. The molecule has 4 rings (SSSR count). The molecule has 0 aliphatic carbocycles. The smallest absolute Gasteiger partial charge is 0.196 e. The van der Waals surface area contributed by atoms with Gasteiger partial charge in [0.05, 0.1) is 5.56 Å². The minimum absolute atomic E-state index is 0.0549. The SMILES string of the molecule is O=C(CC1Cc2cccc(C(=O)c3ccccc3)c2O1)c1ccccc1. The summed E-state index contributed by atoms with van der Waals surface area (Å²) in [5.41, 5.74) is 2.86. The number of carbonyl (C=O) groups excluding carboxylic acids is 2. The van der Waals surface area contributed by atoms with Crippen LogP contribution in [0.1, 0.15) is 38.3 Å². The van der Waals surface area contributed by atoms with E-state index in [2.05, 4.69) is 0 Å². The van der Waals surface area contributed by atoms with Gasteiger partial charge in [-0.1, -0.05) is 72.8 Å². The molecule has 0 saturated carbocycles. The van der Waals surface area contributed by atoms with Crippen molar-refractivity contribution in [1.82, 2.24) is 0 Å². The average Bonchev–Trinajstić information content (AvgIpc) is 3.11. The number of hydrogen-bond donors (Lipinski definition) is 0. The first-order valence-electron chi connectivity index (χ1n) is 8.69. The molecule has 0 bridgehead atoms. The summed E-state index contributed by atoms with van der Waals surface area (Å²) < 4.78 is 6.03. The van der Waals surface area contributed by atoms with E-state index in [1.54, 1.807) is 18.2 Å². The van der Waals surface area contributed by atoms with Gasteiger partial charge in [0.25, 0.3) is 0 Å². The minimum Gasteiger partial charge on any atom is -0.489 e. The molecule has 0 radical (unpaired) electrons. The Labute approximate surface area is 152 Å². The number of carbonyl (C=O) groups is 2. The predicted molar refractivity (Wildman–Crippen MR) is 99.8 cm³/mol. The van der Waals surface area contributed by atoms with E-state index >= 15 is 0 Å². The zero-order valence-corrected chi connectivity index (χ0v) is 14.2. The second-order valence-corrected chi connectivity index (χ2v) is 6.43. The van der Waals surface area contributed by atoms with E-state index in [0.717, 1.165) is 5.56 Å². The third-order valence-corrected chi connectivity index (χ3v) is 4.62. The summed E-state index contributed by atoms with van der Waals surface area (Å²) in [5, 5.41) is 0. The van der Waals surface area contributed by atoms with Crippen LogP contribution >= 0.6 is 0 Å². The highest BCUT2D eigenvalue weighted by molar-refractivity contribution is 6.11. The van der Waals surface area contributed by atoms with Crippen LogP contribution in [-0.4, -0.2) is 17.7 Å². The number of hydrogen-bond acceptors (Lipinski definition) is 3. The summed E-state index contributed by atoms with van der Waals surface area (Å²) in [7, 11) is 0. The van der Waals surface area contributed by atoms with E-state index in [1.165, 1.54) is 0 Å². The van der Waals surface area contributed by atoms with Crippen LogP contribution in [0.15, 0.2) is 78.9 Å². The molecule has 3 aromatic carbocycles. The Morgan fingerprint density at radius 1 is 0.808 bits per heavy atom. The molecular weight excluding hydrogens is 324 g/mol. The first-order valence-corrected chi connectivity index (χ1v) is 8.69. The Balaban J connectivity index is 1.54. The minimum atomic E-state index is -0.234. The van der Waals surface area contributed by atoms with Gasteiger partial charge in [0.2, 0.25) is 0 Å². The van der Waals surface area contributed by atoms with Gasteiger partial charge in [0.1, 0.15) is 11.9 Å². The Hall–Kier alpha value is -3.20. The number of ether oxygens (including phenoxy) is 1. The molecule has 0 N–H and O–H groups in total. The van der Waals surface area contributed by atoms with Crippen LogP contribution in [0.5, 0.6) is 5.75 Å². The standard InChI is InChI=1S/C23H18O3/c24-21(16-8-3-1-4-9-16)15-19-14-18-12-7-13-20(23(18)26-19)22(25)17-10-5-2-6-11-17/h1-13,19H,14-15H2. The lowest BCUT2D eigenvalue weighted by molar-refractivity contribution is 0.0923. The zero-order valence-electron chi connectivity index (χ0n) is 14.2. The molecule has 1 unspecified atom stereocenters. The van der Waals surface area contributed by atoms with Crippen molar-refractivity contribution in [3.05, 3.63) is 101 Å². The summed E-state index contributed by atoms with van der Waals surface area (Å²) in [6.45, 7) is 0. The van der Waals surface area contributed by atoms with Crippen molar-refractivity contribution < 1.29 is 14.3 Å². The van der Waals surface area contributed by atoms with Gasteiger partial charge in [-0.15, -0.1) is 0 Å². The van der Waals surface area contributed by atoms with Gasteiger partial charge in [0, 0.05) is 24.0 Å². The summed E-state index contributed by atoms with van der Waals surface area (Å²) >= 11 is 0. The maximum atomic E-state index is 12.8. The third-order valence-electron chi connectivity index (χ3n) is 4.62. The fourth-order valence-electron chi connectivity index (χ4n) is 3.32. The van der Waals surface area contributed by atoms with Gasteiger partial charge in [0.15, 0.2) is 11.6 Å². The highest BCUT2D eigenvalue weighted by Crippen LogP contribution is 2.35. The van der Waals surface area contributed by atoms with E-state index in [0.29, 0.717) is 35.3 Å². The van der Waals surface area contributed by atoms with Crippen molar-refractivity contribution in [2.75, 3.05) is 0 Å². The maximum Gasteiger partial charge on any atom is 0.196 e. The molecule has 3 aromatic rings. The first kappa shape index (κ1) is 16.3. The second-order valence-electron chi connectivity index (χ2n) is 6.43. The molecule has 0 saturated heterocycles. The number of ketones is 2. The van der Waals surface area contributed by atoms with Gasteiger partial charge in [-0.2, -0.15) is 0 Å². The Morgan fingerprint density at radius 3 is 2.15 bits per heavy atom. The second kappa shape index (κ2) is 6.96. The average molecular weight is 342 g/mol. The highest BCUT2D eigenvalue weighted by Gasteiger charge is 2.29. The molecule has 0 spiro atoms. The van der Waals surface area contributed by atoms with Gasteiger partial charge in [-0.25, -0.2) is 0 Å². The number of Topliss-reactive ketones (excluding diaryl/α,β-unsaturated/α-hetero) is 1. The lowest BCUT2D eigenvalue weighted by Crippen LogP contribution is -2.18. The molecule has 0 amide bonds. The van der Waals surface area contributed by atoms with Crippen molar-refractivity contribution in [2.45, 2.75) is 18.9 Å². The molecule has 3 heteroatoms. The Bertz CT molecular complexity index is 946. The van der Waals surface area contributed by atoms with E-state index < -0.39 is 0 Å². The van der Waals surface area contributed by atoms with E-state index in [1.807, 2.05) is 60.7 Å². The van der Waals surface area contributed by atoms with Crippen molar-refractivity contribution in [3.63, 3.8) is 0 Å². The quantitative estimate of drug-likeness (QED) is 0.642. The molecule has 26 heavy (non-hydrogen) atoms. The predicted octanol–water partition coefficient (Wildman–Crippen LogP) is 4.49. The number of fused-ring (bicyclic) bond motifs is 1. The van der Waals surface area contributed by atoms with Gasteiger partial charge >= 0.3 is 0 Å². The molecular formula is C23H18O3. The van der Waals surface area contributed by atoms with Gasteiger partial charge in [-0.3, -0.25) is 9.59 Å². The van der Waals surface area contributed by atoms with Crippen molar-refractivity contribution >= 4 is 11.6 Å². The monoisotopic (exact) mass is 342 g/mol. The molecule has 3 nitrogen and oxygen atoms in total. The maximum absolute atomic E-state index is 12.8. The summed E-state index contributed by atoms with van der Waals surface area (Å²) in [4.78, 5) is 25.3. The molecule has 1 atom stereocenters. The number of para-hydroxylation sites is 1. The lowest BCUT2D eigenvalue weighted by Gasteiger charge is -2.12. The van der Waals surface area contributed by atoms with Crippen LogP contribution < -0.4 is 4.74 Å². The fraction of sp³-hybridized carbons (Fsp3) is 0.130. The van der Waals surface area contributed by atoms with Gasteiger partial charge in [-0.05, 0) is 11.6 Å². The summed E-state index contributed by atoms with van der Waals surface area (Å²) in [5.74, 6) is 0.615. The van der Waals surface area contributed by atoms with Crippen molar-refractivity contribution in [3.8, 4) is 5.75 Å². The molecule has 1 aliphatic heterocycles. The normalized spacial score (nSPS) is 15.2. The first-order chi connectivity index (χ1) is 12.7. The number of benzene rings is 3. The topological polar surface area (TPSA) is 43.4 Å². The van der Waals surface area contributed by atoms with Crippen LogP contribution in [0, 0.1) is 0 Å². The zero-order chi connectivity index (χ0) is 17.9. The molecule has 128 valence electrons. The highest BCUT2D eigenvalue weighted by atomic mass is 16.5. The molecule has 0 fully saturated rings. The van der Waals surface area contributed by atoms with Crippen LogP contribution in [0.3, 0.4) is 0 Å².